The van der Waals surface area contributed by atoms with Crippen LogP contribution in [0.4, 0.5) is 13.2 Å². The molecule has 0 aliphatic heterocycles. The van der Waals surface area contributed by atoms with Gasteiger partial charge in [0.1, 0.15) is 5.76 Å². The van der Waals surface area contributed by atoms with Crippen LogP contribution in [-0.4, -0.2) is 10.1 Å². The van der Waals surface area contributed by atoms with Crippen molar-refractivity contribution in [2.24, 2.45) is 0 Å². The first-order chi connectivity index (χ1) is 8.34. The number of pyridine rings is 1. The van der Waals surface area contributed by atoms with Crippen LogP contribution < -0.4 is 0 Å². The topological polar surface area (TPSA) is 33.1 Å². The summed E-state index contributed by atoms with van der Waals surface area (Å²) in [7, 11) is 0. The fourth-order valence-corrected chi connectivity index (χ4v) is 1.12. The molecule has 0 unspecified atom stereocenters. The Morgan fingerprint density at radius 1 is 1.33 bits per heavy atom. The monoisotopic (exact) mass is 255 g/mol. The van der Waals surface area contributed by atoms with Crippen molar-refractivity contribution >= 4 is 5.57 Å². The second kappa shape index (κ2) is 5.53. The quantitative estimate of drug-likeness (QED) is 0.650. The van der Waals surface area contributed by atoms with Gasteiger partial charge in [-0.15, -0.1) is 0 Å². The first-order valence-electron chi connectivity index (χ1n) is 5.10. The van der Waals surface area contributed by atoms with Crippen molar-refractivity contribution in [2.75, 3.05) is 0 Å². The number of hydrogen-bond donors (Lipinski definition) is 1. The maximum atomic E-state index is 12.3. The summed E-state index contributed by atoms with van der Waals surface area (Å²) in [6, 6.07) is 2.18. The number of aliphatic hydroxyl groups is 1. The lowest BCUT2D eigenvalue weighted by Gasteiger charge is -2.06. The molecule has 0 fully saturated rings. The van der Waals surface area contributed by atoms with Gasteiger partial charge in [-0.2, -0.15) is 13.2 Å². The van der Waals surface area contributed by atoms with Gasteiger partial charge in [-0.25, -0.2) is 0 Å². The standard InChI is InChI=1S/C13H12F3NO/c1-3-11(18)6-4-9(2)12-7-5-10(8-17-12)13(14,15)16/h3-8,18H,2H2,1H3/b6-4-,11-3+. The van der Waals surface area contributed by atoms with Crippen molar-refractivity contribution in [3.05, 3.63) is 60.2 Å². The normalized spacial score (nSPS) is 13.0. The second-order valence-electron chi connectivity index (χ2n) is 3.50. The van der Waals surface area contributed by atoms with Crippen molar-refractivity contribution < 1.29 is 18.3 Å². The van der Waals surface area contributed by atoms with Gasteiger partial charge in [0.25, 0.3) is 0 Å². The summed E-state index contributed by atoms with van der Waals surface area (Å²) in [5.74, 6) is 0.0445. The Balaban J connectivity index is 2.86. The van der Waals surface area contributed by atoms with E-state index < -0.39 is 11.7 Å². The zero-order valence-corrected chi connectivity index (χ0v) is 9.70. The van der Waals surface area contributed by atoms with Gasteiger partial charge in [-0.05, 0) is 42.9 Å². The highest BCUT2D eigenvalue weighted by atomic mass is 19.4. The van der Waals surface area contributed by atoms with Gasteiger partial charge in [0, 0.05) is 6.20 Å². The number of rotatable bonds is 3. The predicted octanol–water partition coefficient (Wildman–Crippen LogP) is 4.13. The number of halogens is 3. The summed E-state index contributed by atoms with van der Waals surface area (Å²) >= 11 is 0. The lowest BCUT2D eigenvalue weighted by Crippen LogP contribution is -2.05. The zero-order valence-electron chi connectivity index (χ0n) is 9.70. The summed E-state index contributed by atoms with van der Waals surface area (Å²) in [4.78, 5) is 3.68. The van der Waals surface area contributed by atoms with Crippen molar-refractivity contribution in [3.63, 3.8) is 0 Å². The number of aliphatic hydroxyl groups excluding tert-OH is 1. The molecule has 0 aliphatic carbocycles. The van der Waals surface area contributed by atoms with E-state index in [1.54, 1.807) is 6.92 Å². The van der Waals surface area contributed by atoms with Crippen molar-refractivity contribution in [1.82, 2.24) is 4.98 Å². The molecular weight excluding hydrogens is 243 g/mol. The molecule has 1 aromatic heterocycles. The van der Waals surface area contributed by atoms with Crippen LogP contribution in [0.1, 0.15) is 18.2 Å². The summed E-state index contributed by atoms with van der Waals surface area (Å²) in [6.45, 7) is 5.31. The molecule has 0 aromatic carbocycles. The average molecular weight is 255 g/mol. The Morgan fingerprint density at radius 2 is 2.00 bits per heavy atom. The first kappa shape index (κ1) is 14.0. The van der Waals surface area contributed by atoms with E-state index in [4.69, 9.17) is 5.11 Å². The smallest absolute Gasteiger partial charge is 0.417 e. The van der Waals surface area contributed by atoms with E-state index in [-0.39, 0.29) is 5.76 Å². The Labute approximate surface area is 103 Å². The van der Waals surface area contributed by atoms with Crippen molar-refractivity contribution in [1.29, 1.82) is 0 Å². The summed E-state index contributed by atoms with van der Waals surface area (Å²) < 4.78 is 36.9. The molecule has 0 aliphatic rings. The van der Waals surface area contributed by atoms with E-state index in [1.807, 2.05) is 0 Å². The lowest BCUT2D eigenvalue weighted by atomic mass is 10.1. The molecule has 1 rings (SSSR count). The molecular formula is C13H12F3NO. The molecule has 96 valence electrons. The minimum Gasteiger partial charge on any atom is -0.508 e. The maximum Gasteiger partial charge on any atom is 0.417 e. The second-order valence-corrected chi connectivity index (χ2v) is 3.50. The Hall–Kier alpha value is -2.04. The third kappa shape index (κ3) is 3.76. The first-order valence-corrected chi connectivity index (χ1v) is 5.10. The van der Waals surface area contributed by atoms with Gasteiger partial charge >= 0.3 is 6.18 Å². The molecule has 0 bridgehead atoms. The third-order valence-electron chi connectivity index (χ3n) is 2.17. The van der Waals surface area contributed by atoms with E-state index in [9.17, 15) is 13.2 Å². The molecule has 0 spiro atoms. The van der Waals surface area contributed by atoms with Gasteiger partial charge in [0.15, 0.2) is 0 Å². The Morgan fingerprint density at radius 3 is 2.44 bits per heavy atom. The summed E-state index contributed by atoms with van der Waals surface area (Å²) in [5, 5.41) is 9.17. The van der Waals surface area contributed by atoms with Crippen LogP contribution in [0.2, 0.25) is 0 Å². The lowest BCUT2D eigenvalue weighted by molar-refractivity contribution is -0.137. The molecule has 0 saturated carbocycles. The molecule has 0 saturated heterocycles. The number of allylic oxidation sites excluding steroid dienone is 4. The number of aromatic nitrogens is 1. The maximum absolute atomic E-state index is 12.3. The van der Waals surface area contributed by atoms with Crippen LogP contribution in [0.5, 0.6) is 0 Å². The number of alkyl halides is 3. The fraction of sp³-hybridized carbons (Fsp3) is 0.154. The van der Waals surface area contributed by atoms with Crippen LogP contribution >= 0.6 is 0 Å². The fourth-order valence-electron chi connectivity index (χ4n) is 1.12. The van der Waals surface area contributed by atoms with Crippen LogP contribution in [0.15, 0.2) is 48.9 Å². The van der Waals surface area contributed by atoms with Crippen LogP contribution in [0.25, 0.3) is 5.57 Å². The summed E-state index contributed by atoms with van der Waals surface area (Å²) in [5.41, 5.74) is -0.0698. The van der Waals surface area contributed by atoms with Gasteiger partial charge in [-0.3, -0.25) is 4.98 Å². The molecule has 18 heavy (non-hydrogen) atoms. The van der Waals surface area contributed by atoms with Gasteiger partial charge in [0.05, 0.1) is 11.3 Å². The molecule has 0 radical (unpaired) electrons. The van der Waals surface area contributed by atoms with E-state index >= 15 is 0 Å². The molecule has 2 nitrogen and oxygen atoms in total. The van der Waals surface area contributed by atoms with E-state index in [1.165, 1.54) is 24.3 Å². The predicted molar refractivity (Wildman–Crippen MR) is 63.8 cm³/mol. The molecule has 5 heteroatoms. The Kier molecular flexibility index (Phi) is 4.31. The van der Waals surface area contributed by atoms with Crippen molar-refractivity contribution in [3.8, 4) is 0 Å². The highest BCUT2D eigenvalue weighted by Gasteiger charge is 2.30. The summed E-state index contributed by atoms with van der Waals surface area (Å²) in [6.07, 6.45) is 0.701. The minimum absolute atomic E-state index is 0.0445. The van der Waals surface area contributed by atoms with Gasteiger partial charge in [-0.1, -0.05) is 6.58 Å². The zero-order chi connectivity index (χ0) is 13.8. The molecule has 0 amide bonds. The third-order valence-corrected chi connectivity index (χ3v) is 2.17. The van der Waals surface area contributed by atoms with E-state index in [0.29, 0.717) is 11.3 Å². The number of nitrogens with zero attached hydrogens (tertiary/aromatic N) is 1. The van der Waals surface area contributed by atoms with Gasteiger partial charge < -0.3 is 5.11 Å². The molecule has 0 atom stereocenters. The van der Waals surface area contributed by atoms with Gasteiger partial charge in [0.2, 0.25) is 0 Å². The Bertz CT molecular complexity index is 484. The van der Waals surface area contributed by atoms with Crippen molar-refractivity contribution in [2.45, 2.75) is 13.1 Å². The molecule has 1 aromatic rings. The number of hydrogen-bond acceptors (Lipinski definition) is 2. The molecule has 1 heterocycles. The van der Waals surface area contributed by atoms with Crippen LogP contribution in [0.3, 0.4) is 0 Å². The average Bonchev–Trinajstić information content (AvgIpc) is 2.34. The molecule has 1 N–H and O–H groups in total. The largest absolute Gasteiger partial charge is 0.508 e. The van der Waals surface area contributed by atoms with Crippen LogP contribution in [0, 0.1) is 0 Å². The highest BCUT2D eigenvalue weighted by Crippen LogP contribution is 2.28. The SMILES string of the molecule is C=C(/C=C\C(O)=C/C)c1ccc(C(F)(F)F)cn1. The van der Waals surface area contributed by atoms with Crippen LogP contribution in [-0.2, 0) is 6.18 Å². The minimum atomic E-state index is -4.40. The van der Waals surface area contributed by atoms with E-state index in [0.717, 1.165) is 12.3 Å². The van der Waals surface area contributed by atoms with E-state index in [2.05, 4.69) is 11.6 Å². The highest BCUT2D eigenvalue weighted by molar-refractivity contribution is 5.69.